The molecule has 4 heteroatoms. The van der Waals surface area contributed by atoms with Gasteiger partial charge in [0.1, 0.15) is 5.75 Å². The van der Waals surface area contributed by atoms with Crippen molar-refractivity contribution in [1.82, 2.24) is 5.32 Å². The molecular weight excluding hydrogens is 305 g/mol. The number of hydrogen-bond acceptors (Lipinski definition) is 2. The molecule has 110 valence electrons. The Labute approximate surface area is 135 Å². The third-order valence-corrected chi connectivity index (χ3v) is 4.49. The quantitative estimate of drug-likeness (QED) is 0.899. The van der Waals surface area contributed by atoms with Crippen LogP contribution in [0.5, 0.6) is 5.75 Å². The normalized spacial score (nSPS) is 14.6. The molecule has 0 bridgehead atoms. The molecule has 1 aliphatic rings. The molecule has 1 unspecified atom stereocenters. The van der Waals surface area contributed by atoms with E-state index in [2.05, 4.69) is 23.5 Å². The van der Waals surface area contributed by atoms with Crippen molar-refractivity contribution in [3.05, 3.63) is 63.1 Å². The van der Waals surface area contributed by atoms with Crippen LogP contribution in [-0.2, 0) is 12.8 Å². The fourth-order valence-electron chi connectivity index (χ4n) is 2.72. The Hall–Kier alpha value is -1.22. The van der Waals surface area contributed by atoms with Gasteiger partial charge in [0.05, 0.1) is 6.61 Å². The van der Waals surface area contributed by atoms with Crippen molar-refractivity contribution in [2.75, 3.05) is 13.7 Å². The largest absolute Gasteiger partial charge is 0.493 e. The maximum absolute atomic E-state index is 6.28. The van der Waals surface area contributed by atoms with E-state index in [1.54, 1.807) is 6.07 Å². The van der Waals surface area contributed by atoms with Gasteiger partial charge in [0.25, 0.3) is 0 Å². The minimum absolute atomic E-state index is 0.217. The van der Waals surface area contributed by atoms with Crippen LogP contribution in [0.25, 0.3) is 0 Å². The fraction of sp³-hybridized carbons (Fsp3) is 0.294. The Morgan fingerprint density at radius 3 is 2.81 bits per heavy atom. The molecule has 2 aromatic rings. The zero-order valence-electron chi connectivity index (χ0n) is 11.8. The van der Waals surface area contributed by atoms with Crippen molar-refractivity contribution >= 4 is 23.2 Å². The van der Waals surface area contributed by atoms with Gasteiger partial charge in [-0.3, -0.25) is 0 Å². The summed E-state index contributed by atoms with van der Waals surface area (Å²) in [7, 11) is 1.97. The summed E-state index contributed by atoms with van der Waals surface area (Å²) in [6.45, 7) is 0.784. The third-order valence-electron chi connectivity index (χ3n) is 3.90. The van der Waals surface area contributed by atoms with E-state index in [1.165, 1.54) is 11.1 Å². The predicted molar refractivity (Wildman–Crippen MR) is 87.6 cm³/mol. The zero-order valence-corrected chi connectivity index (χ0v) is 13.3. The standard InChI is InChI=1S/C17H17Cl2NO/c1-20-16(9-11-2-4-14(18)10-15(11)19)12-3-5-17-13(8-12)6-7-21-17/h2-5,8,10,16,20H,6-7,9H2,1H3. The van der Waals surface area contributed by atoms with Crippen LogP contribution in [0, 0.1) is 0 Å². The molecule has 2 nitrogen and oxygen atoms in total. The summed E-state index contributed by atoms with van der Waals surface area (Å²) in [6, 6.07) is 12.3. The average molecular weight is 322 g/mol. The average Bonchev–Trinajstić information content (AvgIpc) is 2.94. The first-order chi connectivity index (χ1) is 10.2. The second-order valence-electron chi connectivity index (χ2n) is 5.25. The zero-order chi connectivity index (χ0) is 14.8. The van der Waals surface area contributed by atoms with Crippen LogP contribution in [0.15, 0.2) is 36.4 Å². The molecule has 0 spiro atoms. The summed E-state index contributed by atoms with van der Waals surface area (Å²) in [6.07, 6.45) is 1.81. The number of likely N-dealkylation sites (N-methyl/N-ethyl adjacent to an activating group) is 1. The van der Waals surface area contributed by atoms with Gasteiger partial charge in [-0.2, -0.15) is 0 Å². The van der Waals surface area contributed by atoms with E-state index in [4.69, 9.17) is 27.9 Å². The number of halogens is 2. The predicted octanol–water partition coefficient (Wildman–Crippen LogP) is 4.43. The molecule has 1 N–H and O–H groups in total. The number of hydrogen-bond donors (Lipinski definition) is 1. The minimum Gasteiger partial charge on any atom is -0.493 e. The monoisotopic (exact) mass is 321 g/mol. The molecule has 21 heavy (non-hydrogen) atoms. The maximum Gasteiger partial charge on any atom is 0.122 e. The molecule has 0 amide bonds. The van der Waals surface area contributed by atoms with Gasteiger partial charge in [-0.15, -0.1) is 0 Å². The van der Waals surface area contributed by atoms with Gasteiger partial charge in [0.2, 0.25) is 0 Å². The number of nitrogens with one attached hydrogen (secondary N) is 1. The molecule has 0 radical (unpaired) electrons. The highest BCUT2D eigenvalue weighted by Gasteiger charge is 2.17. The van der Waals surface area contributed by atoms with Crippen LogP contribution in [0.3, 0.4) is 0 Å². The van der Waals surface area contributed by atoms with Crippen molar-refractivity contribution in [3.8, 4) is 5.75 Å². The number of fused-ring (bicyclic) bond motifs is 1. The molecule has 3 rings (SSSR count). The van der Waals surface area contributed by atoms with Crippen molar-refractivity contribution in [2.24, 2.45) is 0 Å². The van der Waals surface area contributed by atoms with Gasteiger partial charge in [-0.1, -0.05) is 41.4 Å². The molecule has 0 aliphatic carbocycles. The lowest BCUT2D eigenvalue weighted by Gasteiger charge is -2.18. The molecule has 0 saturated carbocycles. The number of benzene rings is 2. The Morgan fingerprint density at radius 1 is 1.19 bits per heavy atom. The van der Waals surface area contributed by atoms with E-state index in [9.17, 15) is 0 Å². The van der Waals surface area contributed by atoms with Gasteiger partial charge in [0, 0.05) is 22.5 Å². The lowest BCUT2D eigenvalue weighted by Crippen LogP contribution is -2.19. The van der Waals surface area contributed by atoms with Gasteiger partial charge < -0.3 is 10.1 Å². The fourth-order valence-corrected chi connectivity index (χ4v) is 3.20. The molecular formula is C17H17Cl2NO. The summed E-state index contributed by atoms with van der Waals surface area (Å²) >= 11 is 12.2. The van der Waals surface area contributed by atoms with E-state index in [0.717, 1.165) is 30.8 Å². The van der Waals surface area contributed by atoms with Gasteiger partial charge in [-0.05, 0) is 48.4 Å². The second kappa shape index (κ2) is 6.27. The summed E-state index contributed by atoms with van der Waals surface area (Å²) in [5.74, 6) is 1.01. The Balaban J connectivity index is 1.85. The van der Waals surface area contributed by atoms with Crippen LogP contribution in [0.4, 0.5) is 0 Å². The van der Waals surface area contributed by atoms with E-state index >= 15 is 0 Å². The Bertz CT molecular complexity index is 657. The van der Waals surface area contributed by atoms with E-state index in [0.29, 0.717) is 10.0 Å². The van der Waals surface area contributed by atoms with E-state index in [-0.39, 0.29) is 6.04 Å². The first-order valence-corrected chi connectivity index (χ1v) is 7.80. The summed E-state index contributed by atoms with van der Waals surface area (Å²) in [5.41, 5.74) is 3.64. The summed E-state index contributed by atoms with van der Waals surface area (Å²) in [5, 5.41) is 4.75. The molecule has 2 aromatic carbocycles. The topological polar surface area (TPSA) is 21.3 Å². The van der Waals surface area contributed by atoms with Crippen LogP contribution in [0.2, 0.25) is 10.0 Å². The van der Waals surface area contributed by atoms with Crippen molar-refractivity contribution in [3.63, 3.8) is 0 Å². The molecule has 0 saturated heterocycles. The van der Waals surface area contributed by atoms with Crippen molar-refractivity contribution in [2.45, 2.75) is 18.9 Å². The Morgan fingerprint density at radius 2 is 2.05 bits per heavy atom. The van der Waals surface area contributed by atoms with Gasteiger partial charge in [-0.25, -0.2) is 0 Å². The summed E-state index contributed by atoms with van der Waals surface area (Å²) in [4.78, 5) is 0. The molecule has 0 aromatic heterocycles. The van der Waals surface area contributed by atoms with Crippen LogP contribution in [0.1, 0.15) is 22.7 Å². The minimum atomic E-state index is 0.217. The highest BCUT2D eigenvalue weighted by atomic mass is 35.5. The van der Waals surface area contributed by atoms with E-state index in [1.807, 2.05) is 19.2 Å². The lowest BCUT2D eigenvalue weighted by molar-refractivity contribution is 0.356. The van der Waals surface area contributed by atoms with Crippen LogP contribution >= 0.6 is 23.2 Å². The van der Waals surface area contributed by atoms with Gasteiger partial charge >= 0.3 is 0 Å². The third kappa shape index (κ3) is 3.18. The van der Waals surface area contributed by atoms with E-state index < -0.39 is 0 Å². The molecule has 0 fully saturated rings. The Kier molecular flexibility index (Phi) is 4.39. The van der Waals surface area contributed by atoms with Crippen molar-refractivity contribution < 1.29 is 4.74 Å². The second-order valence-corrected chi connectivity index (χ2v) is 6.09. The first kappa shape index (κ1) is 14.7. The smallest absolute Gasteiger partial charge is 0.122 e. The molecule has 1 atom stereocenters. The summed E-state index contributed by atoms with van der Waals surface area (Å²) < 4.78 is 5.56. The van der Waals surface area contributed by atoms with Crippen LogP contribution < -0.4 is 10.1 Å². The van der Waals surface area contributed by atoms with Gasteiger partial charge in [0.15, 0.2) is 0 Å². The molecule has 1 aliphatic heterocycles. The first-order valence-electron chi connectivity index (χ1n) is 7.04. The number of rotatable bonds is 4. The highest BCUT2D eigenvalue weighted by Crippen LogP contribution is 2.31. The SMILES string of the molecule is CNC(Cc1ccc(Cl)cc1Cl)c1ccc2c(c1)CCO2. The molecule has 1 heterocycles. The number of ether oxygens (including phenoxy) is 1. The van der Waals surface area contributed by atoms with Crippen molar-refractivity contribution in [1.29, 1.82) is 0 Å². The van der Waals surface area contributed by atoms with Crippen LogP contribution in [-0.4, -0.2) is 13.7 Å². The lowest BCUT2D eigenvalue weighted by atomic mass is 9.97. The highest BCUT2D eigenvalue weighted by molar-refractivity contribution is 6.35. The maximum atomic E-state index is 6.28.